The molecule has 2 bridgehead atoms. The van der Waals surface area contributed by atoms with Crippen LogP contribution in [0.5, 0.6) is 23.0 Å². The Kier molecular flexibility index (Phi) is 28.8. The third-order valence-electron chi connectivity index (χ3n) is 20.6. The minimum absolute atomic E-state index is 0.0391. The van der Waals surface area contributed by atoms with Crippen LogP contribution in [0.4, 0.5) is 10.5 Å². The minimum Gasteiger partial charge on any atom is -0.495 e. The number of carbonyl (C=O) groups excluding carboxylic acids is 9. The third-order valence-corrected chi connectivity index (χ3v) is 22.1. The maximum Gasteiger partial charge on any atom is 0.412 e. The van der Waals surface area contributed by atoms with Gasteiger partial charge in [-0.3, -0.25) is 73.6 Å². The zero-order chi connectivity index (χ0) is 78.4. The lowest BCUT2D eigenvalue weighted by Crippen LogP contribution is -2.64. The van der Waals surface area contributed by atoms with Gasteiger partial charge in [0.25, 0.3) is 0 Å². The second-order valence-electron chi connectivity index (χ2n) is 28.1. The van der Waals surface area contributed by atoms with Crippen molar-refractivity contribution in [3.63, 3.8) is 0 Å². The van der Waals surface area contributed by atoms with Crippen LogP contribution < -0.4 is 73.6 Å². The van der Waals surface area contributed by atoms with E-state index in [0.29, 0.717) is 103 Å². The van der Waals surface area contributed by atoms with Crippen molar-refractivity contribution in [2.75, 3.05) is 58.5 Å². The van der Waals surface area contributed by atoms with Gasteiger partial charge in [-0.1, -0.05) is 18.6 Å². The van der Waals surface area contributed by atoms with Gasteiger partial charge in [-0.05, 0) is 108 Å². The van der Waals surface area contributed by atoms with Gasteiger partial charge in [0.15, 0.2) is 11.5 Å². The Balaban J connectivity index is 0.724. The highest BCUT2D eigenvalue weighted by Gasteiger charge is 2.66. The summed E-state index contributed by atoms with van der Waals surface area (Å²) < 4.78 is 37.0. The highest BCUT2D eigenvalue weighted by molar-refractivity contribution is 8.00. The van der Waals surface area contributed by atoms with Crippen molar-refractivity contribution in [3.05, 3.63) is 36.5 Å². The second-order valence-corrected chi connectivity index (χ2v) is 29.6. The predicted molar refractivity (Wildman–Crippen MR) is 384 cm³/mol. The van der Waals surface area contributed by atoms with Crippen molar-refractivity contribution in [3.8, 4) is 39.9 Å². The number of nitrogens with two attached hydrogens (primary N) is 3. The number of carboxylic acids is 3. The summed E-state index contributed by atoms with van der Waals surface area (Å²) >= 11 is 5.21. The Morgan fingerprint density at radius 1 is 0.741 bits per heavy atom. The molecule has 0 radical (unpaired) electrons. The van der Waals surface area contributed by atoms with E-state index in [1.807, 2.05) is 6.92 Å². The van der Waals surface area contributed by atoms with Crippen LogP contribution in [-0.4, -0.2) is 224 Å². The molecule has 2 saturated heterocycles. The van der Waals surface area contributed by atoms with Crippen LogP contribution in [-0.2, 0) is 72.0 Å². The largest absolute Gasteiger partial charge is 0.495 e. The van der Waals surface area contributed by atoms with E-state index in [2.05, 4.69) is 60.4 Å². The predicted octanol–water partition coefficient (Wildman–Crippen LogP) is 1.34. The number of hydrogen-bond acceptors (Lipinski definition) is 31. The van der Waals surface area contributed by atoms with E-state index in [1.165, 1.54) is 33.3 Å². The lowest BCUT2D eigenvalue weighted by Gasteiger charge is -2.55. The number of Topliss-reactive ketones (excluding diaryl/α,β-unsaturated/α-hetero) is 4. The van der Waals surface area contributed by atoms with Crippen LogP contribution in [0.15, 0.2) is 36.5 Å². The molecule has 2 spiro atoms. The number of imide groups is 1. The number of benzene rings is 2. The van der Waals surface area contributed by atoms with Crippen molar-refractivity contribution >= 4 is 101 Å². The van der Waals surface area contributed by atoms with Crippen LogP contribution in [0.25, 0.3) is 16.9 Å². The van der Waals surface area contributed by atoms with Gasteiger partial charge < -0.3 is 71.6 Å². The van der Waals surface area contributed by atoms with E-state index >= 15 is 0 Å². The molecule has 9 rings (SSSR count). The molecule has 6 fully saturated rings. The molecule has 6 aliphatic rings. The highest BCUT2D eigenvalue weighted by Crippen LogP contribution is 2.59. The normalized spacial score (nSPS) is 25.3. The number of hydrogen-bond donors (Lipinski definition) is 14. The number of methoxy groups -OCH3 is 4. The third kappa shape index (κ3) is 20.3. The Bertz CT molecular complexity index is 3800. The summed E-state index contributed by atoms with van der Waals surface area (Å²) in [6, 6.07) is 0.0149. The molecule has 7 unspecified atom stereocenters. The second kappa shape index (κ2) is 37.3. The van der Waals surface area contributed by atoms with E-state index in [9.17, 15) is 67.7 Å². The maximum atomic E-state index is 14.3. The molecule has 108 heavy (non-hydrogen) atoms. The van der Waals surface area contributed by atoms with Gasteiger partial charge in [-0.25, -0.2) is 20.3 Å². The summed E-state index contributed by atoms with van der Waals surface area (Å²) in [4.78, 5) is 171. The number of thiol groups is 1. The van der Waals surface area contributed by atoms with Crippen molar-refractivity contribution in [1.29, 1.82) is 0 Å². The number of rotatable bonds is 39. The number of fused-ring (bicyclic) bond motifs is 3. The lowest BCUT2D eigenvalue weighted by molar-refractivity contribution is -0.381. The number of nitrogens with zero attached hydrogens (tertiary/aromatic N) is 4. The number of carbonyl (C=O) groups is 12. The highest BCUT2D eigenvalue weighted by atomic mass is 32.2. The Labute approximate surface area is 630 Å². The van der Waals surface area contributed by atoms with Crippen LogP contribution in [0.2, 0.25) is 0 Å². The molecule has 2 aromatic carbocycles. The number of amides is 5. The quantitative estimate of drug-likeness (QED) is 0.00729. The first-order valence-corrected chi connectivity index (χ1v) is 37.4. The monoisotopic (exact) mass is 1550 g/mol. The van der Waals surface area contributed by atoms with E-state index in [1.54, 1.807) is 41.2 Å². The number of aromatic nitrogens is 3. The summed E-state index contributed by atoms with van der Waals surface area (Å²) in [5.74, 6) is -14.0. The van der Waals surface area contributed by atoms with Crippen LogP contribution in [0, 0.1) is 23.7 Å². The Morgan fingerprint density at radius 3 is 2.06 bits per heavy atom. The van der Waals surface area contributed by atoms with Gasteiger partial charge in [0.1, 0.15) is 24.2 Å². The molecule has 4 saturated carbocycles. The minimum atomic E-state index is -1.94. The average molecular weight is 1550 g/mol. The van der Waals surface area contributed by atoms with Gasteiger partial charge in [0.05, 0.1) is 100 Å². The standard InChI is InChI=1S/C69H96N14O23S2/c1-35-28-67(18-6-9-39(29-67)69(35)104-68(105-106-69)19-7-10-41(30-68)103-66(98)77-44-21-38(16-17-49(44)99-2)48-31-75-81-83(48)40-22-50(100-3)61(102-5)51(23-40)101-4)78-62(95)37-14-12-36(13-15-37)32-82-53(84)27-52(64(82)97)108-34-74-47(33-107)60(94)59(93)45(25-55(87)88)79-80-46(26-56(89)90)63(96)76-43(11-8-20-73-65(71)72)58(92)57(91)42(70)24-54(85)86/h16-17,21-23,31,35-37,39,41-43,45-47,52,65,73-74,79-80,107H,6-15,18-20,24-30,32-34,70-72H2,1-5H3,(H,76,96)(H,77,98)(H,78,95)(H,85,86)(H,87,88)(H,89,90)/t35?,36?,37?,39?,41?,42-,43-,45-,46-,47-,52?,67?,68?,69?/m0/s1. The molecular weight excluding hydrogens is 1460 g/mol. The lowest BCUT2D eigenvalue weighted by atomic mass is 9.60. The summed E-state index contributed by atoms with van der Waals surface area (Å²) in [5.41, 5.74) is 22.7. The number of anilines is 1. The molecule has 592 valence electrons. The molecule has 39 heteroatoms. The van der Waals surface area contributed by atoms with Crippen LogP contribution in [0.1, 0.15) is 129 Å². The fourth-order valence-corrected chi connectivity index (χ4v) is 16.6. The smallest absolute Gasteiger partial charge is 0.412 e. The molecule has 3 aromatic rings. The summed E-state index contributed by atoms with van der Waals surface area (Å²) in [6.45, 7) is 2.25. The van der Waals surface area contributed by atoms with Crippen molar-refractivity contribution in [1.82, 2.24) is 52.0 Å². The summed E-state index contributed by atoms with van der Waals surface area (Å²) in [7, 11) is 6.03. The molecular formula is C69H96N14O23S2. The Morgan fingerprint density at radius 2 is 1.40 bits per heavy atom. The molecule has 2 aliphatic heterocycles. The van der Waals surface area contributed by atoms with Gasteiger partial charge in [0.2, 0.25) is 64.1 Å². The molecule has 5 amide bonds. The topological polar surface area (TPSA) is 536 Å². The number of carboxylic acid groups (broad SMARTS) is 3. The number of ether oxygens (including phenoxy) is 6. The zero-order valence-electron chi connectivity index (χ0n) is 60.5. The summed E-state index contributed by atoms with van der Waals surface area (Å²) in [6.07, 6.45) is 3.35. The van der Waals surface area contributed by atoms with Gasteiger partial charge in [-0.2, -0.15) is 22.4 Å². The van der Waals surface area contributed by atoms with Crippen molar-refractivity contribution in [2.45, 2.75) is 194 Å². The van der Waals surface area contributed by atoms with Crippen LogP contribution >= 0.6 is 24.4 Å². The number of hydrazine groups is 1. The summed E-state index contributed by atoms with van der Waals surface area (Å²) in [5, 5.41) is 50.2. The Hall–Kier alpha value is -8.48. The van der Waals surface area contributed by atoms with E-state index in [-0.39, 0.29) is 80.0 Å². The first-order valence-electron chi connectivity index (χ1n) is 35.7. The molecule has 37 nitrogen and oxygen atoms in total. The molecule has 1 aromatic heterocycles. The van der Waals surface area contributed by atoms with Crippen LogP contribution in [0.3, 0.4) is 0 Å². The van der Waals surface area contributed by atoms with E-state index in [0.717, 1.165) is 31.0 Å². The first kappa shape index (κ1) is 83.6. The first-order chi connectivity index (χ1) is 51.5. The number of nitrogens with one attached hydrogen (secondary N) is 7. The fraction of sp³-hybridized carbons (Fsp3) is 0.623. The number of thioether (sulfide) groups is 1. The van der Waals surface area contributed by atoms with Gasteiger partial charge >= 0.3 is 24.0 Å². The van der Waals surface area contributed by atoms with Gasteiger partial charge in [-0.15, -0.1) is 16.9 Å². The number of likely N-dealkylation sites (tertiary alicyclic amines) is 1. The number of aliphatic carboxylic acids is 3. The van der Waals surface area contributed by atoms with Crippen molar-refractivity contribution < 1.29 is 111 Å². The molecule has 16 N–H and O–H groups in total. The van der Waals surface area contributed by atoms with E-state index < -0.39 is 149 Å². The zero-order valence-corrected chi connectivity index (χ0v) is 62.2. The SMILES string of the molecule is COc1ccc(-c2cnnn2-c2cc(OC)c(OC)c(OC)c2)cc1NC(=O)OC1CCCC2(C1)OOC1(O2)C(C)CC2(NC(=O)C3CCC(CN4C(=O)CC(SCN[C@@H](CS)C(=O)C(=O)[C@H](CC(=O)O)NN[C@@H](CC(=O)O)C(=O)N[C@@H](CCCNC(N)N)C(=O)C(=O)[C@@H](N)CC(=O)O)C4=O)CC3)CCCC1C2. The fourth-order valence-electron chi connectivity index (χ4n) is 15.2. The average Bonchev–Trinajstić information content (AvgIpc) is 1.52. The number of ketones is 4. The van der Waals surface area contributed by atoms with Gasteiger partial charge in [0, 0.05) is 78.4 Å². The van der Waals surface area contributed by atoms with Crippen molar-refractivity contribution in [2.24, 2.45) is 40.9 Å². The molecule has 3 heterocycles. The molecule has 12 atom stereocenters. The van der Waals surface area contributed by atoms with E-state index in [4.69, 9.17) is 60.5 Å². The molecule has 4 aliphatic carbocycles. The maximum absolute atomic E-state index is 14.3.